The van der Waals surface area contributed by atoms with Gasteiger partial charge in [0.2, 0.25) is 0 Å². The molecule has 2 fully saturated rings. The van der Waals surface area contributed by atoms with Gasteiger partial charge in [0.15, 0.2) is 5.78 Å². The zero-order chi connectivity index (χ0) is 19.8. The number of hydrogen-bond donors (Lipinski definition) is 3. The van der Waals surface area contributed by atoms with E-state index in [9.17, 15) is 20.1 Å². The predicted octanol–water partition coefficient (Wildman–Crippen LogP) is 2.49. The van der Waals surface area contributed by atoms with Gasteiger partial charge in [-0.1, -0.05) is 31.6 Å². The summed E-state index contributed by atoms with van der Waals surface area (Å²) in [7, 11) is 0. The Balaban J connectivity index is 1.81. The Morgan fingerprint density at radius 2 is 2.00 bits per heavy atom. The summed E-state index contributed by atoms with van der Waals surface area (Å²) in [6.07, 6.45) is 6.00. The smallest absolute Gasteiger partial charge is 0.178 e. The second-order valence-electron chi connectivity index (χ2n) is 9.40. The molecule has 2 saturated carbocycles. The van der Waals surface area contributed by atoms with Gasteiger partial charge in [-0.15, -0.1) is 0 Å². The van der Waals surface area contributed by atoms with E-state index in [1.165, 1.54) is 12.2 Å². The summed E-state index contributed by atoms with van der Waals surface area (Å²) in [5.74, 6) is -0.407. The molecule has 0 aromatic carbocycles. The van der Waals surface area contributed by atoms with Crippen molar-refractivity contribution in [2.24, 2.45) is 28.6 Å². The number of alkyl halides is 1. The molecule has 0 spiro atoms. The van der Waals surface area contributed by atoms with E-state index in [1.807, 2.05) is 26.8 Å². The standard InChI is InChI=1S/C22H29FO4/c1-12-8-16-14-10-18(23)17-9-13(25)4-6-20(17,2)15(14)5-7-21(16,3)22(12,27)19(26)11-24/h4-6,9,12,14,16,18-19,24,26-27H,7-8,10-11H2,1-3H3/t12?,14-,16+,18?,19?,20-,21+,22+/m1/s1. The Labute approximate surface area is 159 Å². The maximum atomic E-state index is 15.2. The molecule has 4 aliphatic carbocycles. The van der Waals surface area contributed by atoms with Crippen LogP contribution in [-0.2, 0) is 4.79 Å². The normalized spacial score (nSPS) is 49.7. The fourth-order valence-electron chi connectivity index (χ4n) is 6.76. The summed E-state index contributed by atoms with van der Waals surface area (Å²) >= 11 is 0. The van der Waals surface area contributed by atoms with E-state index in [-0.39, 0.29) is 23.5 Å². The lowest BCUT2D eigenvalue weighted by molar-refractivity contribution is -0.181. The molecule has 4 nitrogen and oxygen atoms in total. The van der Waals surface area contributed by atoms with Crippen LogP contribution in [0.2, 0.25) is 0 Å². The van der Waals surface area contributed by atoms with E-state index < -0.39 is 35.3 Å². The number of allylic oxidation sites excluding steroid dienone is 6. The molecule has 4 rings (SSSR count). The molecular weight excluding hydrogens is 347 g/mol. The molecule has 0 aromatic rings. The number of carbonyl (C=O) groups excluding carboxylic acids is 1. The minimum Gasteiger partial charge on any atom is -0.394 e. The van der Waals surface area contributed by atoms with Crippen LogP contribution in [0.3, 0.4) is 0 Å². The molecular formula is C22H29FO4. The molecule has 0 aromatic heterocycles. The van der Waals surface area contributed by atoms with E-state index in [1.54, 1.807) is 0 Å². The number of hydrogen-bond acceptors (Lipinski definition) is 4. The van der Waals surface area contributed by atoms with Crippen molar-refractivity contribution in [2.45, 2.75) is 57.9 Å². The van der Waals surface area contributed by atoms with Gasteiger partial charge in [-0.25, -0.2) is 4.39 Å². The van der Waals surface area contributed by atoms with Crippen molar-refractivity contribution in [3.63, 3.8) is 0 Å². The first-order valence-electron chi connectivity index (χ1n) is 9.90. The highest BCUT2D eigenvalue weighted by Crippen LogP contribution is 2.67. The van der Waals surface area contributed by atoms with E-state index in [0.29, 0.717) is 24.8 Å². The molecule has 0 aliphatic heterocycles. The Kier molecular flexibility index (Phi) is 4.12. The molecule has 8 atom stereocenters. The van der Waals surface area contributed by atoms with Gasteiger partial charge in [0.05, 0.1) is 6.61 Å². The first kappa shape index (κ1) is 19.0. The molecule has 0 heterocycles. The van der Waals surface area contributed by atoms with Crippen LogP contribution in [0, 0.1) is 28.6 Å². The van der Waals surface area contributed by atoms with Gasteiger partial charge in [-0.3, -0.25) is 4.79 Å². The lowest BCUT2D eigenvalue weighted by atomic mass is 9.51. The molecule has 0 bridgehead atoms. The third-order valence-electron chi connectivity index (χ3n) is 8.28. The van der Waals surface area contributed by atoms with Gasteiger partial charge in [0, 0.05) is 10.8 Å². The van der Waals surface area contributed by atoms with Gasteiger partial charge in [0.25, 0.3) is 0 Å². The van der Waals surface area contributed by atoms with Gasteiger partial charge >= 0.3 is 0 Å². The first-order valence-corrected chi connectivity index (χ1v) is 9.90. The summed E-state index contributed by atoms with van der Waals surface area (Å²) in [5.41, 5.74) is -0.970. The van der Waals surface area contributed by atoms with Crippen LogP contribution in [0.5, 0.6) is 0 Å². The SMILES string of the molecule is CC1C[C@H]2[C@@H]3CC(F)C4=CC(=O)C=C[C@]4(C)C3=CC[C@]2(C)[C@@]1(O)C(O)CO. The average molecular weight is 376 g/mol. The quantitative estimate of drug-likeness (QED) is 0.647. The molecule has 3 N–H and O–H groups in total. The van der Waals surface area contributed by atoms with Gasteiger partial charge in [-0.05, 0) is 61.7 Å². The monoisotopic (exact) mass is 376 g/mol. The topological polar surface area (TPSA) is 77.8 Å². The second kappa shape index (κ2) is 5.85. The minimum atomic E-state index is -1.41. The number of rotatable bonds is 2. The zero-order valence-corrected chi connectivity index (χ0v) is 16.2. The van der Waals surface area contributed by atoms with Crippen molar-refractivity contribution in [3.05, 3.63) is 35.5 Å². The first-order chi connectivity index (χ1) is 12.6. The van der Waals surface area contributed by atoms with Crippen molar-refractivity contribution < 1.29 is 24.5 Å². The summed E-state index contributed by atoms with van der Waals surface area (Å²) in [4.78, 5) is 11.8. The van der Waals surface area contributed by atoms with Crippen molar-refractivity contribution >= 4 is 5.78 Å². The highest BCUT2D eigenvalue weighted by Gasteiger charge is 2.67. The lowest BCUT2D eigenvalue weighted by Gasteiger charge is -2.55. The Morgan fingerprint density at radius 3 is 2.67 bits per heavy atom. The third kappa shape index (κ3) is 2.22. The maximum absolute atomic E-state index is 15.2. The number of carbonyl (C=O) groups is 1. The van der Waals surface area contributed by atoms with E-state index in [4.69, 9.17) is 0 Å². The second-order valence-corrected chi connectivity index (χ2v) is 9.40. The molecule has 0 amide bonds. The zero-order valence-electron chi connectivity index (χ0n) is 16.2. The van der Waals surface area contributed by atoms with Crippen molar-refractivity contribution in [1.82, 2.24) is 0 Å². The summed E-state index contributed by atoms with van der Waals surface area (Å²) in [6.45, 7) is 5.35. The molecule has 0 radical (unpaired) electrons. The number of ketones is 1. The van der Waals surface area contributed by atoms with Crippen molar-refractivity contribution in [1.29, 1.82) is 0 Å². The van der Waals surface area contributed by atoms with E-state index in [0.717, 1.165) is 5.57 Å². The molecule has 3 unspecified atom stereocenters. The Morgan fingerprint density at radius 1 is 1.30 bits per heavy atom. The van der Waals surface area contributed by atoms with E-state index >= 15 is 4.39 Å². The van der Waals surface area contributed by atoms with Crippen LogP contribution in [0.1, 0.15) is 40.0 Å². The van der Waals surface area contributed by atoms with Gasteiger partial charge < -0.3 is 15.3 Å². The molecule has 5 heteroatoms. The number of aliphatic hydroxyl groups is 3. The maximum Gasteiger partial charge on any atom is 0.178 e. The average Bonchev–Trinajstić information content (AvgIpc) is 2.84. The van der Waals surface area contributed by atoms with Crippen molar-refractivity contribution in [3.8, 4) is 0 Å². The largest absolute Gasteiger partial charge is 0.394 e. The minimum absolute atomic E-state index is 0.0151. The predicted molar refractivity (Wildman–Crippen MR) is 99.5 cm³/mol. The van der Waals surface area contributed by atoms with Crippen molar-refractivity contribution in [2.75, 3.05) is 6.61 Å². The number of fused-ring (bicyclic) bond motifs is 5. The van der Waals surface area contributed by atoms with Gasteiger partial charge in [0.1, 0.15) is 17.9 Å². The number of halogens is 1. The highest BCUT2D eigenvalue weighted by molar-refractivity contribution is 6.01. The van der Waals surface area contributed by atoms with Crippen LogP contribution in [-0.4, -0.2) is 45.6 Å². The Hall–Kier alpha value is -1.30. The number of aliphatic hydroxyl groups excluding tert-OH is 2. The van der Waals surface area contributed by atoms with E-state index in [2.05, 4.69) is 6.08 Å². The van der Waals surface area contributed by atoms with Crippen LogP contribution >= 0.6 is 0 Å². The summed E-state index contributed by atoms with van der Waals surface area (Å²) < 4.78 is 15.2. The lowest BCUT2D eigenvalue weighted by Crippen LogP contribution is -2.59. The fourth-order valence-corrected chi connectivity index (χ4v) is 6.76. The fraction of sp³-hybridized carbons (Fsp3) is 0.682. The van der Waals surface area contributed by atoms with Crippen LogP contribution in [0.25, 0.3) is 0 Å². The molecule has 0 saturated heterocycles. The third-order valence-corrected chi connectivity index (χ3v) is 8.28. The summed E-state index contributed by atoms with van der Waals surface area (Å²) in [5, 5.41) is 31.5. The van der Waals surface area contributed by atoms with Crippen LogP contribution in [0.4, 0.5) is 4.39 Å². The molecule has 4 aliphatic rings. The van der Waals surface area contributed by atoms with Crippen LogP contribution in [0.15, 0.2) is 35.5 Å². The van der Waals surface area contributed by atoms with Crippen LogP contribution < -0.4 is 0 Å². The molecule has 148 valence electrons. The molecule has 27 heavy (non-hydrogen) atoms. The highest BCUT2D eigenvalue weighted by atomic mass is 19.1. The van der Waals surface area contributed by atoms with Gasteiger partial charge in [-0.2, -0.15) is 0 Å². The summed E-state index contributed by atoms with van der Waals surface area (Å²) in [6, 6.07) is 0. The Bertz CT molecular complexity index is 770.